The molecular weight excluding hydrogens is 270 g/mol. The molecule has 2 aromatic carbocycles. The van der Waals surface area contributed by atoms with E-state index < -0.39 is 0 Å². The fourth-order valence-corrected chi connectivity index (χ4v) is 2.39. The minimum Gasteiger partial charge on any atom is -0.288 e. The Bertz CT molecular complexity index is 811. The molecule has 1 heterocycles. The van der Waals surface area contributed by atoms with Crippen molar-refractivity contribution in [2.75, 3.05) is 0 Å². The molecule has 3 aromatic rings. The van der Waals surface area contributed by atoms with Crippen molar-refractivity contribution in [1.29, 1.82) is 0 Å². The first-order chi connectivity index (χ1) is 9.66. The Kier molecular flexibility index (Phi) is 3.25. The predicted molar refractivity (Wildman–Crippen MR) is 81.4 cm³/mol. The number of hydrogen-bond acceptors (Lipinski definition) is 2. The van der Waals surface area contributed by atoms with Gasteiger partial charge in [0.25, 0.3) is 0 Å². The van der Waals surface area contributed by atoms with Crippen molar-refractivity contribution in [3.8, 4) is 0 Å². The SMILES string of the molecule is Cc1cccc(C(=O)c2cnc3ccccc3c2)c1Cl. The molecular formula is C17H12ClNO. The molecule has 0 N–H and O–H groups in total. The van der Waals surface area contributed by atoms with Gasteiger partial charge in [0.2, 0.25) is 0 Å². The van der Waals surface area contributed by atoms with E-state index in [0.717, 1.165) is 16.5 Å². The summed E-state index contributed by atoms with van der Waals surface area (Å²) in [6, 6.07) is 15.0. The number of rotatable bonds is 2. The van der Waals surface area contributed by atoms with Crippen LogP contribution in [-0.2, 0) is 0 Å². The average Bonchev–Trinajstić information content (AvgIpc) is 2.49. The van der Waals surface area contributed by atoms with E-state index in [0.29, 0.717) is 16.1 Å². The molecule has 0 aliphatic heterocycles. The van der Waals surface area contributed by atoms with Crippen molar-refractivity contribution in [1.82, 2.24) is 4.98 Å². The molecule has 0 amide bonds. The summed E-state index contributed by atoms with van der Waals surface area (Å²) >= 11 is 6.21. The number of para-hydroxylation sites is 1. The highest BCUT2D eigenvalue weighted by Crippen LogP contribution is 2.24. The molecule has 0 radical (unpaired) electrons. The van der Waals surface area contributed by atoms with Crippen LogP contribution in [0, 0.1) is 6.92 Å². The topological polar surface area (TPSA) is 30.0 Å². The summed E-state index contributed by atoms with van der Waals surface area (Å²) in [5.41, 5.74) is 2.84. The minimum absolute atomic E-state index is 0.100. The molecule has 0 aliphatic rings. The van der Waals surface area contributed by atoms with Crippen LogP contribution in [0.25, 0.3) is 10.9 Å². The Balaban J connectivity index is 2.10. The van der Waals surface area contributed by atoms with E-state index in [2.05, 4.69) is 4.98 Å². The molecule has 0 saturated heterocycles. The Morgan fingerprint density at radius 1 is 1.10 bits per heavy atom. The summed E-state index contributed by atoms with van der Waals surface area (Å²) in [4.78, 5) is 16.9. The second kappa shape index (κ2) is 5.06. The highest BCUT2D eigenvalue weighted by Gasteiger charge is 2.14. The van der Waals surface area contributed by atoms with Crippen LogP contribution in [0.15, 0.2) is 54.7 Å². The van der Waals surface area contributed by atoms with Crippen molar-refractivity contribution >= 4 is 28.3 Å². The maximum atomic E-state index is 12.5. The summed E-state index contributed by atoms with van der Waals surface area (Å²) in [6.07, 6.45) is 1.60. The maximum absolute atomic E-state index is 12.5. The Morgan fingerprint density at radius 2 is 1.90 bits per heavy atom. The largest absolute Gasteiger partial charge is 0.288 e. The molecule has 3 heteroatoms. The van der Waals surface area contributed by atoms with Crippen LogP contribution in [0.3, 0.4) is 0 Å². The number of carbonyl (C=O) groups excluding carboxylic acids is 1. The second-order valence-corrected chi connectivity index (χ2v) is 5.06. The summed E-state index contributed by atoms with van der Waals surface area (Å²) in [7, 11) is 0. The fraction of sp³-hybridized carbons (Fsp3) is 0.0588. The lowest BCUT2D eigenvalue weighted by Crippen LogP contribution is -2.03. The zero-order chi connectivity index (χ0) is 14.1. The number of hydrogen-bond donors (Lipinski definition) is 0. The standard InChI is InChI=1S/C17H12ClNO/c1-11-5-4-7-14(16(11)18)17(20)13-9-12-6-2-3-8-15(12)19-10-13/h2-10H,1H3. The molecule has 1 aromatic heterocycles. The quantitative estimate of drug-likeness (QED) is 0.651. The van der Waals surface area contributed by atoms with Crippen LogP contribution >= 0.6 is 11.6 Å². The van der Waals surface area contributed by atoms with Gasteiger partial charge < -0.3 is 0 Å². The van der Waals surface area contributed by atoms with E-state index >= 15 is 0 Å². The Labute approximate surface area is 122 Å². The third-order valence-corrected chi connectivity index (χ3v) is 3.79. The van der Waals surface area contributed by atoms with Gasteiger partial charge in [0.1, 0.15) is 0 Å². The first-order valence-corrected chi connectivity index (χ1v) is 6.69. The molecule has 98 valence electrons. The first-order valence-electron chi connectivity index (χ1n) is 6.31. The van der Waals surface area contributed by atoms with Gasteiger partial charge in [0, 0.05) is 22.7 Å². The number of ketones is 1. The van der Waals surface area contributed by atoms with E-state index in [1.807, 2.05) is 49.4 Å². The molecule has 20 heavy (non-hydrogen) atoms. The van der Waals surface area contributed by atoms with Crippen LogP contribution in [0.1, 0.15) is 21.5 Å². The fourth-order valence-electron chi connectivity index (χ4n) is 2.17. The van der Waals surface area contributed by atoms with E-state index in [1.54, 1.807) is 12.3 Å². The highest BCUT2D eigenvalue weighted by molar-refractivity contribution is 6.35. The van der Waals surface area contributed by atoms with Gasteiger partial charge in [0.15, 0.2) is 5.78 Å². The van der Waals surface area contributed by atoms with Crippen molar-refractivity contribution in [2.45, 2.75) is 6.92 Å². The highest BCUT2D eigenvalue weighted by atomic mass is 35.5. The third kappa shape index (κ3) is 2.19. The predicted octanol–water partition coefficient (Wildman–Crippen LogP) is 4.43. The molecule has 0 saturated carbocycles. The molecule has 0 spiro atoms. The molecule has 0 atom stereocenters. The first kappa shape index (κ1) is 12.8. The number of pyridine rings is 1. The van der Waals surface area contributed by atoms with Crippen LogP contribution in [0.4, 0.5) is 0 Å². The lowest BCUT2D eigenvalue weighted by atomic mass is 10.0. The van der Waals surface area contributed by atoms with Crippen LogP contribution < -0.4 is 0 Å². The van der Waals surface area contributed by atoms with Crippen molar-refractivity contribution in [3.05, 3.63) is 76.4 Å². The van der Waals surface area contributed by atoms with Crippen LogP contribution in [-0.4, -0.2) is 10.8 Å². The second-order valence-electron chi connectivity index (χ2n) is 4.68. The minimum atomic E-state index is -0.100. The van der Waals surface area contributed by atoms with Gasteiger partial charge in [-0.1, -0.05) is 41.9 Å². The van der Waals surface area contributed by atoms with Crippen molar-refractivity contribution in [2.24, 2.45) is 0 Å². The molecule has 3 rings (SSSR count). The van der Waals surface area contributed by atoms with Crippen LogP contribution in [0.2, 0.25) is 5.02 Å². The van der Waals surface area contributed by atoms with Gasteiger partial charge in [-0.15, -0.1) is 0 Å². The van der Waals surface area contributed by atoms with Crippen molar-refractivity contribution in [3.63, 3.8) is 0 Å². The smallest absolute Gasteiger partial charge is 0.196 e. The third-order valence-electron chi connectivity index (χ3n) is 3.29. The number of aromatic nitrogens is 1. The number of halogens is 1. The molecule has 0 fully saturated rings. The van der Waals surface area contributed by atoms with Gasteiger partial charge in [-0.25, -0.2) is 0 Å². The molecule has 0 aliphatic carbocycles. The summed E-state index contributed by atoms with van der Waals surface area (Å²) in [5.74, 6) is -0.100. The maximum Gasteiger partial charge on any atom is 0.196 e. The summed E-state index contributed by atoms with van der Waals surface area (Å²) in [5, 5.41) is 1.45. The monoisotopic (exact) mass is 281 g/mol. The Morgan fingerprint density at radius 3 is 2.75 bits per heavy atom. The Hall–Kier alpha value is -2.19. The number of benzene rings is 2. The van der Waals surface area contributed by atoms with E-state index in [1.165, 1.54) is 0 Å². The van der Waals surface area contributed by atoms with E-state index in [9.17, 15) is 4.79 Å². The van der Waals surface area contributed by atoms with Gasteiger partial charge in [-0.2, -0.15) is 0 Å². The van der Waals surface area contributed by atoms with Crippen molar-refractivity contribution < 1.29 is 4.79 Å². The molecule has 0 bridgehead atoms. The number of carbonyl (C=O) groups is 1. The number of fused-ring (bicyclic) bond motifs is 1. The lowest BCUT2D eigenvalue weighted by Gasteiger charge is -2.06. The lowest BCUT2D eigenvalue weighted by molar-refractivity contribution is 0.103. The van der Waals surface area contributed by atoms with Gasteiger partial charge in [0.05, 0.1) is 10.5 Å². The zero-order valence-electron chi connectivity index (χ0n) is 10.9. The van der Waals surface area contributed by atoms with Gasteiger partial charge in [-0.3, -0.25) is 9.78 Å². The average molecular weight is 282 g/mol. The summed E-state index contributed by atoms with van der Waals surface area (Å²) in [6.45, 7) is 1.89. The molecule has 0 unspecified atom stereocenters. The van der Waals surface area contributed by atoms with E-state index in [-0.39, 0.29) is 5.78 Å². The van der Waals surface area contributed by atoms with Crippen LogP contribution in [0.5, 0.6) is 0 Å². The van der Waals surface area contributed by atoms with Gasteiger partial charge in [-0.05, 0) is 30.7 Å². The summed E-state index contributed by atoms with van der Waals surface area (Å²) < 4.78 is 0. The number of nitrogens with zero attached hydrogens (tertiary/aromatic N) is 1. The van der Waals surface area contributed by atoms with E-state index in [4.69, 9.17) is 11.6 Å². The normalized spacial score (nSPS) is 10.7. The number of aryl methyl sites for hydroxylation is 1. The van der Waals surface area contributed by atoms with Gasteiger partial charge >= 0.3 is 0 Å². The zero-order valence-corrected chi connectivity index (χ0v) is 11.7. The molecule has 2 nitrogen and oxygen atoms in total.